The zero-order valence-corrected chi connectivity index (χ0v) is 14.1. The first-order chi connectivity index (χ1) is 12.0. The Kier molecular flexibility index (Phi) is 4.74. The van der Waals surface area contributed by atoms with Gasteiger partial charge in [0.1, 0.15) is 16.9 Å². The molecule has 2 aromatic carbocycles. The minimum absolute atomic E-state index is 0.319. The summed E-state index contributed by atoms with van der Waals surface area (Å²) in [5, 5.41) is 9.39. The number of hydrogen-bond acceptors (Lipinski definition) is 3. The van der Waals surface area contributed by atoms with E-state index >= 15 is 0 Å². The number of piperidine rings is 1. The van der Waals surface area contributed by atoms with Gasteiger partial charge in [-0.25, -0.2) is 0 Å². The second-order valence-corrected chi connectivity index (χ2v) is 6.53. The number of rotatable bonds is 5. The summed E-state index contributed by atoms with van der Waals surface area (Å²) in [6.45, 7) is 2.47. The van der Waals surface area contributed by atoms with Crippen LogP contribution in [0.15, 0.2) is 54.6 Å². The maximum absolute atomic E-state index is 12.6. The second-order valence-electron chi connectivity index (χ2n) is 6.53. The number of ether oxygens (including phenoxy) is 1. The maximum Gasteiger partial charge on any atom is 0.318 e. The van der Waals surface area contributed by atoms with E-state index in [9.17, 15) is 14.7 Å². The van der Waals surface area contributed by atoms with Gasteiger partial charge in [-0.05, 0) is 49.6 Å². The van der Waals surface area contributed by atoms with Gasteiger partial charge in [0, 0.05) is 13.1 Å². The fraction of sp³-hybridized carbons (Fsp3) is 0.300. The third kappa shape index (κ3) is 3.65. The van der Waals surface area contributed by atoms with Crippen molar-refractivity contribution in [3.8, 4) is 11.5 Å². The molecular formula is C20H21NO4. The van der Waals surface area contributed by atoms with E-state index in [0.29, 0.717) is 31.7 Å². The highest BCUT2D eigenvalue weighted by atomic mass is 16.5. The summed E-state index contributed by atoms with van der Waals surface area (Å²) in [7, 11) is 0. The number of amides is 1. The molecule has 0 bridgehead atoms. The topological polar surface area (TPSA) is 66.8 Å². The third-order valence-corrected chi connectivity index (χ3v) is 4.59. The van der Waals surface area contributed by atoms with Crippen LogP contribution in [0.3, 0.4) is 0 Å². The van der Waals surface area contributed by atoms with E-state index in [0.717, 1.165) is 11.3 Å². The predicted octanol–water partition coefficient (Wildman–Crippen LogP) is 3.69. The number of carboxylic acids is 1. The summed E-state index contributed by atoms with van der Waals surface area (Å²) in [4.78, 5) is 25.7. The number of carbonyl (C=O) groups is 2. The molecule has 5 nitrogen and oxygen atoms in total. The molecule has 130 valence electrons. The van der Waals surface area contributed by atoms with E-state index in [1.165, 1.54) is 6.92 Å². The number of para-hydroxylation sites is 1. The average molecular weight is 339 g/mol. The zero-order chi connectivity index (χ0) is 17.9. The molecule has 1 saturated heterocycles. The van der Waals surface area contributed by atoms with E-state index in [1.807, 2.05) is 54.6 Å². The van der Waals surface area contributed by atoms with Crippen molar-refractivity contribution in [3.63, 3.8) is 0 Å². The normalized spacial score (nSPS) is 20.4. The van der Waals surface area contributed by atoms with Crippen LogP contribution in [-0.4, -0.2) is 28.4 Å². The molecule has 25 heavy (non-hydrogen) atoms. The van der Waals surface area contributed by atoms with Crippen LogP contribution >= 0.6 is 0 Å². The largest absolute Gasteiger partial charge is 0.480 e. The van der Waals surface area contributed by atoms with E-state index in [1.54, 1.807) is 4.90 Å². The Morgan fingerprint density at radius 3 is 2.60 bits per heavy atom. The molecule has 1 N–H and O–H groups in total. The van der Waals surface area contributed by atoms with Crippen molar-refractivity contribution >= 4 is 11.9 Å². The summed E-state index contributed by atoms with van der Waals surface area (Å²) in [5.41, 5.74) is -0.410. The summed E-state index contributed by atoms with van der Waals surface area (Å²) < 4.78 is 5.82. The van der Waals surface area contributed by atoms with Crippen LogP contribution in [0.5, 0.6) is 11.5 Å². The van der Waals surface area contributed by atoms with Crippen LogP contribution in [0.4, 0.5) is 0 Å². The Bertz CT molecular complexity index is 774. The molecular weight excluding hydrogens is 318 g/mol. The zero-order valence-electron chi connectivity index (χ0n) is 14.1. The second kappa shape index (κ2) is 6.97. The number of carbonyl (C=O) groups excluding carboxylic acids is 1. The molecule has 5 heteroatoms. The highest BCUT2D eigenvalue weighted by Gasteiger charge is 2.46. The Hall–Kier alpha value is -2.82. The molecule has 0 aliphatic carbocycles. The molecule has 0 unspecified atom stereocenters. The quantitative estimate of drug-likeness (QED) is 0.844. The molecule has 1 atom stereocenters. The van der Waals surface area contributed by atoms with Gasteiger partial charge in [0.2, 0.25) is 5.91 Å². The first kappa shape index (κ1) is 17.0. The molecule has 1 aliphatic heterocycles. The molecule has 0 saturated carbocycles. The van der Waals surface area contributed by atoms with Crippen molar-refractivity contribution in [3.05, 3.63) is 60.2 Å². The average Bonchev–Trinajstić information content (AvgIpc) is 2.60. The summed E-state index contributed by atoms with van der Waals surface area (Å²) in [6, 6.07) is 17.0. The summed E-state index contributed by atoms with van der Waals surface area (Å²) in [6.07, 6.45) is 1.07. The highest BCUT2D eigenvalue weighted by Crippen LogP contribution is 2.32. The van der Waals surface area contributed by atoms with Crippen LogP contribution in [-0.2, 0) is 16.1 Å². The smallest absolute Gasteiger partial charge is 0.318 e. The number of carboxylic acid groups (broad SMARTS) is 1. The standard InChI is InChI=1S/C20H21NO4/c1-20(19(23)24)11-6-12-21(18(20)22)14-15-7-5-10-17(13-15)25-16-8-3-2-4-9-16/h2-5,7-10,13H,6,11-12,14H2,1H3,(H,23,24)/t20-/m0/s1. The van der Waals surface area contributed by atoms with Crippen LogP contribution in [0.1, 0.15) is 25.3 Å². The van der Waals surface area contributed by atoms with Gasteiger partial charge in [-0.3, -0.25) is 9.59 Å². The van der Waals surface area contributed by atoms with E-state index < -0.39 is 11.4 Å². The molecule has 1 amide bonds. The molecule has 0 spiro atoms. The fourth-order valence-corrected chi connectivity index (χ4v) is 3.08. The fourth-order valence-electron chi connectivity index (χ4n) is 3.08. The maximum atomic E-state index is 12.6. The summed E-state index contributed by atoms with van der Waals surface area (Å²) in [5.74, 6) is 0.0605. The monoisotopic (exact) mass is 339 g/mol. The lowest BCUT2D eigenvalue weighted by atomic mass is 9.81. The van der Waals surface area contributed by atoms with Crippen LogP contribution in [0, 0.1) is 5.41 Å². The Morgan fingerprint density at radius 2 is 1.88 bits per heavy atom. The predicted molar refractivity (Wildman–Crippen MR) is 93.4 cm³/mol. The van der Waals surface area contributed by atoms with Gasteiger partial charge < -0.3 is 14.7 Å². The van der Waals surface area contributed by atoms with Crippen LogP contribution < -0.4 is 4.74 Å². The van der Waals surface area contributed by atoms with Gasteiger partial charge in [-0.2, -0.15) is 0 Å². The van der Waals surface area contributed by atoms with E-state index in [4.69, 9.17) is 4.74 Å². The molecule has 2 aromatic rings. The Balaban J connectivity index is 1.74. The number of nitrogens with zero attached hydrogens (tertiary/aromatic N) is 1. The SMILES string of the molecule is C[C@]1(C(=O)O)CCCN(Cc2cccc(Oc3ccccc3)c2)C1=O. The van der Waals surface area contributed by atoms with Crippen molar-refractivity contribution in [1.82, 2.24) is 4.90 Å². The Morgan fingerprint density at radius 1 is 1.16 bits per heavy atom. The minimum Gasteiger partial charge on any atom is -0.480 e. The van der Waals surface area contributed by atoms with Gasteiger partial charge in [0.15, 0.2) is 0 Å². The molecule has 1 aliphatic rings. The van der Waals surface area contributed by atoms with Gasteiger partial charge in [0.25, 0.3) is 0 Å². The van der Waals surface area contributed by atoms with Crippen LogP contribution in [0.25, 0.3) is 0 Å². The lowest BCUT2D eigenvalue weighted by Gasteiger charge is -2.36. The lowest BCUT2D eigenvalue weighted by molar-refractivity contribution is -0.163. The first-order valence-electron chi connectivity index (χ1n) is 8.34. The number of aliphatic carboxylic acids is 1. The van der Waals surface area contributed by atoms with Gasteiger partial charge in [-0.15, -0.1) is 0 Å². The highest BCUT2D eigenvalue weighted by molar-refractivity contribution is 6.01. The van der Waals surface area contributed by atoms with Crippen LogP contribution in [0.2, 0.25) is 0 Å². The molecule has 3 rings (SSSR count). The van der Waals surface area contributed by atoms with Gasteiger partial charge >= 0.3 is 5.97 Å². The lowest BCUT2D eigenvalue weighted by Crippen LogP contribution is -2.50. The van der Waals surface area contributed by atoms with E-state index in [2.05, 4.69) is 0 Å². The molecule has 1 fully saturated rings. The van der Waals surface area contributed by atoms with Gasteiger partial charge in [0.05, 0.1) is 0 Å². The van der Waals surface area contributed by atoms with E-state index in [-0.39, 0.29) is 5.91 Å². The number of hydrogen-bond donors (Lipinski definition) is 1. The van der Waals surface area contributed by atoms with Crippen molar-refractivity contribution in [2.45, 2.75) is 26.3 Å². The van der Waals surface area contributed by atoms with Crippen molar-refractivity contribution in [2.24, 2.45) is 5.41 Å². The number of benzene rings is 2. The van der Waals surface area contributed by atoms with Gasteiger partial charge in [-0.1, -0.05) is 30.3 Å². The molecule has 0 radical (unpaired) electrons. The van der Waals surface area contributed by atoms with Crippen molar-refractivity contribution in [1.29, 1.82) is 0 Å². The summed E-state index contributed by atoms with van der Waals surface area (Å²) >= 11 is 0. The third-order valence-electron chi connectivity index (χ3n) is 4.59. The number of likely N-dealkylation sites (tertiary alicyclic amines) is 1. The molecule has 1 heterocycles. The van der Waals surface area contributed by atoms with Crippen molar-refractivity contribution in [2.75, 3.05) is 6.54 Å². The molecule has 0 aromatic heterocycles. The first-order valence-corrected chi connectivity index (χ1v) is 8.34. The minimum atomic E-state index is -1.32. The van der Waals surface area contributed by atoms with Crippen molar-refractivity contribution < 1.29 is 19.4 Å². The Labute approximate surface area is 146 Å².